The van der Waals surface area contributed by atoms with Crippen LogP contribution in [0.25, 0.3) is 76.2 Å². The highest BCUT2D eigenvalue weighted by atomic mass is 16.3. The molecule has 0 N–H and O–H groups in total. The smallest absolute Gasteiger partial charge is 0.136 e. The second-order valence-corrected chi connectivity index (χ2v) is 12.6. The van der Waals surface area contributed by atoms with Crippen molar-refractivity contribution in [1.82, 2.24) is 0 Å². The Balaban J connectivity index is 1.20. The first-order valence-corrected chi connectivity index (χ1v) is 16.4. The highest BCUT2D eigenvalue weighted by Gasteiger charge is 2.17. The molecular formula is C46H29NO. The molecule has 0 saturated carbocycles. The average Bonchev–Trinajstić information content (AvgIpc) is 3.52. The molecule has 0 amide bonds. The maximum atomic E-state index is 6.25. The Labute approximate surface area is 277 Å². The van der Waals surface area contributed by atoms with E-state index < -0.39 is 0 Å². The molecule has 0 unspecified atom stereocenters. The molecule has 0 bridgehead atoms. The number of furan rings is 1. The van der Waals surface area contributed by atoms with Crippen molar-refractivity contribution < 1.29 is 4.42 Å². The molecule has 1 aromatic heterocycles. The van der Waals surface area contributed by atoms with E-state index in [9.17, 15) is 0 Å². The van der Waals surface area contributed by atoms with Gasteiger partial charge in [0.2, 0.25) is 0 Å². The van der Waals surface area contributed by atoms with Gasteiger partial charge >= 0.3 is 0 Å². The summed E-state index contributed by atoms with van der Waals surface area (Å²) >= 11 is 0. The largest absolute Gasteiger partial charge is 0.456 e. The number of fused-ring (bicyclic) bond motifs is 9. The quantitative estimate of drug-likeness (QED) is 0.184. The first-order chi connectivity index (χ1) is 23.8. The van der Waals surface area contributed by atoms with Gasteiger partial charge in [0, 0.05) is 27.8 Å². The highest BCUT2D eigenvalue weighted by Crippen LogP contribution is 2.41. The molecule has 0 aliphatic carbocycles. The molecule has 0 radical (unpaired) electrons. The Morgan fingerprint density at radius 3 is 1.56 bits per heavy atom. The van der Waals surface area contributed by atoms with Crippen LogP contribution in [0, 0.1) is 0 Å². The van der Waals surface area contributed by atoms with Gasteiger partial charge in [-0.1, -0.05) is 121 Å². The monoisotopic (exact) mass is 611 g/mol. The van der Waals surface area contributed by atoms with Crippen LogP contribution in [-0.4, -0.2) is 0 Å². The van der Waals surface area contributed by atoms with Crippen LogP contribution in [0.2, 0.25) is 0 Å². The number of hydrogen-bond acceptors (Lipinski definition) is 2. The number of anilines is 3. The van der Waals surface area contributed by atoms with Gasteiger partial charge in [-0.3, -0.25) is 0 Å². The van der Waals surface area contributed by atoms with Gasteiger partial charge < -0.3 is 9.32 Å². The van der Waals surface area contributed by atoms with E-state index in [0.717, 1.165) is 39.0 Å². The van der Waals surface area contributed by atoms with Crippen LogP contribution in [0.1, 0.15) is 0 Å². The lowest BCUT2D eigenvalue weighted by molar-refractivity contribution is 0.669. The standard InChI is InChI=1S/C46H29NO/c1-2-8-30(9-3-1)31-18-22-36(23-19-31)47(37-24-20-33-15-14-32-10-4-5-11-39(32)41(33)27-37)38-25-21-34-16-17-35-26-46-44(29-43(35)42(34)28-38)40-12-6-7-13-45(40)48-46/h1-29H. The predicted octanol–water partition coefficient (Wildman–Crippen LogP) is 13.3. The SMILES string of the molecule is c1ccc(-c2ccc(N(c3ccc4ccc5ccccc5c4c3)c3ccc4ccc5cc6oc7ccccc7c6cc5c4c3)cc2)cc1. The average molecular weight is 612 g/mol. The normalized spacial score (nSPS) is 11.8. The Bertz CT molecular complexity index is 2830. The van der Waals surface area contributed by atoms with Crippen molar-refractivity contribution in [1.29, 1.82) is 0 Å². The summed E-state index contributed by atoms with van der Waals surface area (Å²) in [5.41, 5.74) is 7.59. The fourth-order valence-electron chi connectivity index (χ4n) is 7.41. The van der Waals surface area contributed by atoms with E-state index in [1.165, 1.54) is 54.2 Å². The first kappa shape index (κ1) is 26.8. The van der Waals surface area contributed by atoms with Crippen molar-refractivity contribution in [3.05, 3.63) is 176 Å². The van der Waals surface area contributed by atoms with Gasteiger partial charge in [0.05, 0.1) is 0 Å². The second kappa shape index (κ2) is 10.6. The van der Waals surface area contributed by atoms with Gasteiger partial charge in [-0.2, -0.15) is 0 Å². The summed E-state index contributed by atoms with van der Waals surface area (Å²) in [5.74, 6) is 0. The summed E-state index contributed by atoms with van der Waals surface area (Å²) < 4.78 is 6.25. The van der Waals surface area contributed by atoms with Crippen LogP contribution in [-0.2, 0) is 0 Å². The van der Waals surface area contributed by atoms with E-state index in [2.05, 4.69) is 169 Å². The minimum Gasteiger partial charge on any atom is -0.456 e. The summed E-state index contributed by atoms with van der Waals surface area (Å²) in [7, 11) is 0. The van der Waals surface area contributed by atoms with Crippen LogP contribution >= 0.6 is 0 Å². The van der Waals surface area contributed by atoms with Crippen molar-refractivity contribution in [3.8, 4) is 11.1 Å². The van der Waals surface area contributed by atoms with E-state index in [0.29, 0.717) is 0 Å². The molecule has 2 heteroatoms. The Hall–Kier alpha value is -6.38. The highest BCUT2D eigenvalue weighted by molar-refractivity contribution is 6.17. The third-order valence-corrected chi connectivity index (χ3v) is 9.80. The maximum Gasteiger partial charge on any atom is 0.136 e. The molecular weight excluding hydrogens is 583 g/mol. The van der Waals surface area contributed by atoms with E-state index >= 15 is 0 Å². The maximum absolute atomic E-state index is 6.25. The summed E-state index contributed by atoms with van der Waals surface area (Å²) in [6.07, 6.45) is 0. The van der Waals surface area contributed by atoms with Crippen LogP contribution < -0.4 is 4.90 Å². The van der Waals surface area contributed by atoms with E-state index in [1.807, 2.05) is 12.1 Å². The topological polar surface area (TPSA) is 16.4 Å². The van der Waals surface area contributed by atoms with Crippen LogP contribution in [0.3, 0.4) is 0 Å². The van der Waals surface area contributed by atoms with Gasteiger partial charge in [-0.25, -0.2) is 0 Å². The summed E-state index contributed by atoms with van der Waals surface area (Å²) in [6, 6.07) is 63.5. The fourth-order valence-corrected chi connectivity index (χ4v) is 7.41. The zero-order valence-corrected chi connectivity index (χ0v) is 26.1. The summed E-state index contributed by atoms with van der Waals surface area (Å²) in [5, 5.41) is 12.1. The Morgan fingerprint density at radius 2 is 0.812 bits per heavy atom. The van der Waals surface area contributed by atoms with Crippen molar-refractivity contribution in [2.24, 2.45) is 0 Å². The molecule has 1 heterocycles. The molecule has 48 heavy (non-hydrogen) atoms. The fraction of sp³-hybridized carbons (Fsp3) is 0. The number of para-hydroxylation sites is 1. The lowest BCUT2D eigenvalue weighted by Gasteiger charge is -2.27. The third-order valence-electron chi connectivity index (χ3n) is 9.80. The molecule has 0 spiro atoms. The molecule has 0 aliphatic heterocycles. The molecule has 0 aliphatic rings. The van der Waals surface area contributed by atoms with Gasteiger partial charge in [-0.05, 0) is 109 Å². The van der Waals surface area contributed by atoms with E-state index in [1.54, 1.807) is 0 Å². The minimum absolute atomic E-state index is 0.918. The van der Waals surface area contributed by atoms with Gasteiger partial charge in [-0.15, -0.1) is 0 Å². The molecule has 10 aromatic rings. The van der Waals surface area contributed by atoms with Crippen molar-refractivity contribution in [3.63, 3.8) is 0 Å². The molecule has 224 valence electrons. The van der Waals surface area contributed by atoms with Crippen molar-refractivity contribution in [2.45, 2.75) is 0 Å². The van der Waals surface area contributed by atoms with Gasteiger partial charge in [0.15, 0.2) is 0 Å². The molecule has 0 fully saturated rings. The lowest BCUT2D eigenvalue weighted by Crippen LogP contribution is -2.10. The van der Waals surface area contributed by atoms with Gasteiger partial charge in [0.1, 0.15) is 11.2 Å². The van der Waals surface area contributed by atoms with Crippen LogP contribution in [0.15, 0.2) is 180 Å². The number of rotatable bonds is 4. The molecule has 0 atom stereocenters. The number of hydrogen-bond donors (Lipinski definition) is 0. The van der Waals surface area contributed by atoms with E-state index in [4.69, 9.17) is 4.42 Å². The first-order valence-electron chi connectivity index (χ1n) is 16.4. The van der Waals surface area contributed by atoms with Crippen molar-refractivity contribution in [2.75, 3.05) is 4.90 Å². The molecule has 10 rings (SSSR count). The van der Waals surface area contributed by atoms with Crippen molar-refractivity contribution >= 4 is 82.1 Å². The summed E-state index contributed by atoms with van der Waals surface area (Å²) in [6.45, 7) is 0. The Morgan fingerprint density at radius 1 is 0.292 bits per heavy atom. The lowest BCUT2D eigenvalue weighted by atomic mass is 9.98. The summed E-state index contributed by atoms with van der Waals surface area (Å²) in [4.78, 5) is 2.39. The van der Waals surface area contributed by atoms with E-state index in [-0.39, 0.29) is 0 Å². The second-order valence-electron chi connectivity index (χ2n) is 12.6. The zero-order chi connectivity index (χ0) is 31.6. The molecule has 2 nitrogen and oxygen atoms in total. The molecule has 9 aromatic carbocycles. The van der Waals surface area contributed by atoms with Crippen LogP contribution in [0.4, 0.5) is 17.1 Å². The van der Waals surface area contributed by atoms with Gasteiger partial charge in [0.25, 0.3) is 0 Å². The predicted molar refractivity (Wildman–Crippen MR) is 204 cm³/mol. The van der Waals surface area contributed by atoms with Crippen LogP contribution in [0.5, 0.6) is 0 Å². The third kappa shape index (κ3) is 4.27. The Kier molecular flexibility index (Phi) is 5.91. The molecule has 0 saturated heterocycles. The number of benzene rings is 9. The minimum atomic E-state index is 0.918. The zero-order valence-electron chi connectivity index (χ0n) is 26.1. The number of nitrogens with zero attached hydrogens (tertiary/aromatic N) is 1.